The van der Waals surface area contributed by atoms with Crippen molar-refractivity contribution in [2.45, 2.75) is 10.8 Å². The Bertz CT molecular complexity index is 527. The molecule has 0 aliphatic rings. The highest BCUT2D eigenvalue weighted by atomic mass is 32.2. The maximum Gasteiger partial charge on any atom is 0.342 e. The Morgan fingerprint density at radius 2 is 2.24 bits per heavy atom. The van der Waals surface area contributed by atoms with Crippen molar-refractivity contribution >= 4 is 17.6 Å². The second-order valence-corrected chi connectivity index (χ2v) is 4.18. The van der Waals surface area contributed by atoms with E-state index in [9.17, 15) is 10.1 Å². The number of nitrogens with zero attached hydrogens (tertiary/aromatic N) is 5. The predicted molar refractivity (Wildman–Crippen MR) is 61.5 cm³/mol. The van der Waals surface area contributed by atoms with E-state index in [0.717, 1.165) is 5.03 Å². The number of imidazole rings is 1. The molecule has 0 aromatic carbocycles. The van der Waals surface area contributed by atoms with Gasteiger partial charge in [-0.2, -0.15) is 0 Å². The summed E-state index contributed by atoms with van der Waals surface area (Å²) in [6.45, 7) is 0. The number of aromatic nitrogens is 4. The topological polar surface area (TPSA) is 86.7 Å². The molecular formula is C9H9N5O2S. The van der Waals surface area contributed by atoms with Gasteiger partial charge >= 0.3 is 5.82 Å². The van der Waals surface area contributed by atoms with Gasteiger partial charge in [-0.1, -0.05) is 11.8 Å². The molecule has 7 nitrogen and oxygen atoms in total. The Morgan fingerprint density at radius 1 is 1.41 bits per heavy atom. The van der Waals surface area contributed by atoms with E-state index in [1.54, 1.807) is 25.6 Å². The van der Waals surface area contributed by atoms with Crippen molar-refractivity contribution in [3.63, 3.8) is 0 Å². The van der Waals surface area contributed by atoms with E-state index in [4.69, 9.17) is 0 Å². The Kier molecular flexibility index (Phi) is 3.33. The predicted octanol–water partition coefficient (Wildman–Crippen LogP) is 1.41. The first-order valence-electron chi connectivity index (χ1n) is 4.72. The average Bonchev–Trinajstić information content (AvgIpc) is 2.69. The summed E-state index contributed by atoms with van der Waals surface area (Å²) >= 11 is 1.43. The highest BCUT2D eigenvalue weighted by Gasteiger charge is 2.16. The fraction of sp³-hybridized carbons (Fsp3) is 0.222. The largest absolute Gasteiger partial charge is 0.358 e. The third-order valence-corrected chi connectivity index (χ3v) is 3.04. The van der Waals surface area contributed by atoms with Gasteiger partial charge in [-0.05, 0) is 4.92 Å². The van der Waals surface area contributed by atoms with E-state index in [-0.39, 0.29) is 5.82 Å². The van der Waals surface area contributed by atoms with Crippen LogP contribution in [-0.4, -0.2) is 24.4 Å². The molecule has 2 aromatic rings. The lowest BCUT2D eigenvalue weighted by molar-refractivity contribution is -0.391. The van der Waals surface area contributed by atoms with Gasteiger partial charge in [0.15, 0.2) is 0 Å². The lowest BCUT2D eigenvalue weighted by Gasteiger charge is -1.98. The molecule has 2 aromatic heterocycles. The lowest BCUT2D eigenvalue weighted by atomic mass is 10.7. The molecule has 2 rings (SSSR count). The number of hydrogen-bond donors (Lipinski definition) is 0. The zero-order valence-corrected chi connectivity index (χ0v) is 9.79. The molecule has 2 heterocycles. The average molecular weight is 251 g/mol. The van der Waals surface area contributed by atoms with Crippen molar-refractivity contribution in [1.29, 1.82) is 0 Å². The minimum atomic E-state index is -0.455. The normalized spacial score (nSPS) is 10.4. The van der Waals surface area contributed by atoms with E-state index in [2.05, 4.69) is 15.0 Å². The summed E-state index contributed by atoms with van der Waals surface area (Å²) in [5.41, 5.74) is 0. The van der Waals surface area contributed by atoms with Crippen LogP contribution in [0, 0.1) is 10.1 Å². The third-order valence-electron chi connectivity index (χ3n) is 2.14. The summed E-state index contributed by atoms with van der Waals surface area (Å²) in [5, 5.41) is 11.4. The molecule has 0 atom stereocenters. The number of hydrogen-bond acceptors (Lipinski definition) is 6. The van der Waals surface area contributed by atoms with Gasteiger partial charge in [0.1, 0.15) is 11.2 Å². The first-order chi connectivity index (χ1) is 8.18. The molecule has 0 unspecified atom stereocenters. The highest BCUT2D eigenvalue weighted by molar-refractivity contribution is 7.98. The molecule has 0 fully saturated rings. The van der Waals surface area contributed by atoms with Crippen molar-refractivity contribution in [2.24, 2.45) is 7.05 Å². The third kappa shape index (κ3) is 2.59. The second kappa shape index (κ2) is 4.91. The van der Waals surface area contributed by atoms with E-state index in [1.165, 1.54) is 22.5 Å². The minimum absolute atomic E-state index is 0.0141. The molecule has 0 saturated heterocycles. The standard InChI is InChI=1S/C9H9N5O2S/c1-13-7(12-5-9(13)14(15)16)6-17-8-4-10-2-3-11-8/h2-5H,6H2,1H3. The van der Waals surface area contributed by atoms with E-state index < -0.39 is 4.92 Å². The molecule has 0 spiro atoms. The van der Waals surface area contributed by atoms with Crippen LogP contribution < -0.4 is 0 Å². The fourth-order valence-electron chi connectivity index (χ4n) is 1.24. The van der Waals surface area contributed by atoms with Crippen LogP contribution in [0.5, 0.6) is 0 Å². The second-order valence-electron chi connectivity index (χ2n) is 3.18. The summed E-state index contributed by atoms with van der Waals surface area (Å²) < 4.78 is 1.46. The van der Waals surface area contributed by atoms with Crippen LogP contribution in [0.1, 0.15) is 5.82 Å². The fourth-order valence-corrected chi connectivity index (χ4v) is 2.06. The Hall–Kier alpha value is -1.96. The summed E-state index contributed by atoms with van der Waals surface area (Å²) in [4.78, 5) is 22.2. The zero-order valence-electron chi connectivity index (χ0n) is 8.98. The molecule has 0 aliphatic heterocycles. The van der Waals surface area contributed by atoms with Crippen molar-refractivity contribution in [2.75, 3.05) is 0 Å². The van der Waals surface area contributed by atoms with E-state index in [0.29, 0.717) is 11.6 Å². The zero-order chi connectivity index (χ0) is 12.3. The van der Waals surface area contributed by atoms with Gasteiger partial charge in [0.25, 0.3) is 0 Å². The summed E-state index contributed by atoms with van der Waals surface area (Å²) in [6, 6.07) is 0. The van der Waals surface area contributed by atoms with Gasteiger partial charge < -0.3 is 10.1 Å². The summed E-state index contributed by atoms with van der Waals surface area (Å²) in [6.07, 6.45) is 6.09. The minimum Gasteiger partial charge on any atom is -0.358 e. The number of rotatable bonds is 4. The van der Waals surface area contributed by atoms with Gasteiger partial charge in [-0.25, -0.2) is 14.5 Å². The molecule has 0 N–H and O–H groups in total. The van der Waals surface area contributed by atoms with Gasteiger partial charge in [0.05, 0.1) is 19.0 Å². The molecule has 0 bridgehead atoms. The van der Waals surface area contributed by atoms with Crippen LogP contribution in [0.4, 0.5) is 5.82 Å². The molecule has 17 heavy (non-hydrogen) atoms. The quantitative estimate of drug-likeness (QED) is 0.464. The smallest absolute Gasteiger partial charge is 0.342 e. The molecule has 0 aliphatic carbocycles. The first-order valence-corrected chi connectivity index (χ1v) is 5.71. The molecule has 0 amide bonds. The maximum atomic E-state index is 10.6. The molecule has 0 radical (unpaired) electrons. The Balaban J connectivity index is 2.07. The van der Waals surface area contributed by atoms with Crippen LogP contribution in [0.25, 0.3) is 0 Å². The Morgan fingerprint density at radius 3 is 2.82 bits per heavy atom. The molecule has 8 heteroatoms. The van der Waals surface area contributed by atoms with E-state index in [1.807, 2.05) is 0 Å². The summed E-state index contributed by atoms with van der Waals surface area (Å²) in [7, 11) is 1.62. The molecule has 0 saturated carbocycles. The highest BCUT2D eigenvalue weighted by Crippen LogP contribution is 2.21. The van der Waals surface area contributed by atoms with Crippen molar-refractivity contribution in [3.8, 4) is 0 Å². The van der Waals surface area contributed by atoms with Crippen LogP contribution in [0.3, 0.4) is 0 Å². The van der Waals surface area contributed by atoms with Crippen molar-refractivity contribution < 1.29 is 4.92 Å². The van der Waals surface area contributed by atoms with E-state index >= 15 is 0 Å². The van der Waals surface area contributed by atoms with Crippen LogP contribution >= 0.6 is 11.8 Å². The lowest BCUT2D eigenvalue weighted by Crippen LogP contribution is -2.00. The molecular weight excluding hydrogens is 242 g/mol. The van der Waals surface area contributed by atoms with Gasteiger partial charge in [-0.15, -0.1) is 0 Å². The van der Waals surface area contributed by atoms with Crippen LogP contribution in [0.15, 0.2) is 29.8 Å². The van der Waals surface area contributed by atoms with Gasteiger partial charge in [0, 0.05) is 12.4 Å². The van der Waals surface area contributed by atoms with Gasteiger partial charge in [-0.3, -0.25) is 4.98 Å². The van der Waals surface area contributed by atoms with Crippen molar-refractivity contribution in [1.82, 2.24) is 19.5 Å². The van der Waals surface area contributed by atoms with Crippen molar-refractivity contribution in [3.05, 3.63) is 40.7 Å². The first kappa shape index (κ1) is 11.5. The van der Waals surface area contributed by atoms with Gasteiger partial charge in [0.2, 0.25) is 5.82 Å². The number of nitro groups is 1. The maximum absolute atomic E-state index is 10.6. The Labute approximate surface area is 101 Å². The summed E-state index contributed by atoms with van der Waals surface area (Å²) in [5.74, 6) is 1.13. The SMILES string of the molecule is Cn1c([N+](=O)[O-])cnc1CSc1cnccn1. The van der Waals surface area contributed by atoms with Crippen LogP contribution in [0.2, 0.25) is 0 Å². The molecule has 88 valence electrons. The van der Waals surface area contributed by atoms with Crippen LogP contribution in [-0.2, 0) is 12.8 Å². The number of thioether (sulfide) groups is 1. The monoisotopic (exact) mass is 251 g/mol.